The fraction of sp³-hybridized carbons (Fsp3) is 0.455. The molecule has 1 aromatic rings. The van der Waals surface area contributed by atoms with Crippen molar-refractivity contribution in [3.05, 3.63) is 44.2 Å². The molecule has 2 rings (SSSR count). The molecule has 2 heterocycles. The molecule has 0 bridgehead atoms. The molecule has 9 nitrogen and oxygen atoms in total. The Labute approximate surface area is 118 Å². The number of aromatic nitrogens is 2. The summed E-state index contributed by atoms with van der Waals surface area (Å²) < 4.78 is 17.4. The molecule has 0 fully saturated rings. The molecule has 0 aliphatic carbocycles. The molecule has 21 heavy (non-hydrogen) atoms. The number of aryl methyl sites for hydroxylation is 1. The van der Waals surface area contributed by atoms with Gasteiger partial charge in [-0.2, -0.15) is 0 Å². The number of aromatic amines is 1. The van der Waals surface area contributed by atoms with Crippen molar-refractivity contribution in [1.29, 1.82) is 0 Å². The van der Waals surface area contributed by atoms with Crippen molar-refractivity contribution in [3.8, 4) is 0 Å². The normalized spacial score (nSPS) is 22.6. The van der Waals surface area contributed by atoms with Crippen LogP contribution >= 0.6 is 7.60 Å². The fourth-order valence-electron chi connectivity index (χ4n) is 2.13. The van der Waals surface area contributed by atoms with Crippen molar-refractivity contribution < 1.29 is 24.2 Å². The molecule has 1 aliphatic rings. The molecule has 0 saturated carbocycles. The van der Waals surface area contributed by atoms with Crippen LogP contribution in [0.4, 0.5) is 0 Å². The Morgan fingerprint density at radius 1 is 1.48 bits per heavy atom. The molecule has 1 aromatic heterocycles. The summed E-state index contributed by atoms with van der Waals surface area (Å²) in [4.78, 5) is 43.4. The van der Waals surface area contributed by atoms with E-state index in [0.717, 1.165) is 0 Å². The van der Waals surface area contributed by atoms with Crippen LogP contribution in [0.1, 0.15) is 18.0 Å². The highest BCUT2D eigenvalue weighted by atomic mass is 31.2. The number of rotatable bonds is 3. The molecule has 116 valence electrons. The summed E-state index contributed by atoms with van der Waals surface area (Å²) >= 11 is 0. The lowest BCUT2D eigenvalue weighted by molar-refractivity contribution is 0.0151. The van der Waals surface area contributed by atoms with Crippen molar-refractivity contribution in [3.63, 3.8) is 0 Å². The molecule has 0 radical (unpaired) electrons. The van der Waals surface area contributed by atoms with E-state index in [-0.39, 0.29) is 6.42 Å². The Morgan fingerprint density at radius 3 is 2.71 bits per heavy atom. The maximum absolute atomic E-state index is 11.8. The first-order valence-corrected chi connectivity index (χ1v) is 7.71. The number of allylic oxidation sites excluding steroid dienone is 1. The predicted octanol–water partition coefficient (Wildman–Crippen LogP) is -0.814. The second-order valence-corrected chi connectivity index (χ2v) is 6.24. The monoisotopic (exact) mass is 318 g/mol. The topological polar surface area (TPSA) is 142 Å². The van der Waals surface area contributed by atoms with Gasteiger partial charge in [0.2, 0.25) is 5.50 Å². The van der Waals surface area contributed by atoms with Gasteiger partial charge in [0.1, 0.15) is 6.10 Å². The molecule has 0 spiro atoms. The van der Waals surface area contributed by atoms with Gasteiger partial charge in [0.15, 0.2) is 0 Å². The zero-order valence-corrected chi connectivity index (χ0v) is 12.0. The maximum Gasteiger partial charge on any atom is 0.390 e. The van der Waals surface area contributed by atoms with Crippen molar-refractivity contribution in [1.82, 2.24) is 9.55 Å². The van der Waals surface area contributed by atoms with Crippen LogP contribution in [0.25, 0.3) is 0 Å². The summed E-state index contributed by atoms with van der Waals surface area (Å²) in [5.41, 5.74) is -1.41. The number of aliphatic hydroxyl groups excluding tert-OH is 1. The molecule has 10 heteroatoms. The third-order valence-corrected chi connectivity index (χ3v) is 4.07. The van der Waals surface area contributed by atoms with E-state index >= 15 is 0 Å². The van der Waals surface area contributed by atoms with E-state index in [4.69, 9.17) is 14.5 Å². The molecular formula is C11H15N2O7P. The Balaban J connectivity index is 2.44. The van der Waals surface area contributed by atoms with E-state index in [1.54, 1.807) is 0 Å². The minimum absolute atomic E-state index is 0.0804. The van der Waals surface area contributed by atoms with E-state index in [0.29, 0.717) is 5.56 Å². The van der Waals surface area contributed by atoms with E-state index in [9.17, 15) is 19.3 Å². The van der Waals surface area contributed by atoms with Crippen LogP contribution in [0.5, 0.6) is 0 Å². The molecule has 4 N–H and O–H groups in total. The first-order valence-electron chi connectivity index (χ1n) is 6.10. The van der Waals surface area contributed by atoms with Gasteiger partial charge in [-0.3, -0.25) is 18.9 Å². The number of nitrogens with zero attached hydrogens (tertiary/aromatic N) is 1. The van der Waals surface area contributed by atoms with E-state index < -0.39 is 43.1 Å². The Morgan fingerprint density at radius 2 is 2.14 bits per heavy atom. The lowest BCUT2D eigenvalue weighted by Gasteiger charge is -2.32. The minimum atomic E-state index is -4.56. The van der Waals surface area contributed by atoms with Gasteiger partial charge < -0.3 is 19.6 Å². The standard InChI is InChI=1S/C11H15N2O7P/c1-6-4-13(11(16)12-10(6)15)7-2-3-9(21(17,18)19)20-8(7)5-14/h3-4,7-8,14H,2,5H2,1H3,(H,12,15,16)(H2,17,18,19). The van der Waals surface area contributed by atoms with Gasteiger partial charge in [0.05, 0.1) is 12.6 Å². The van der Waals surface area contributed by atoms with Crippen LogP contribution in [-0.2, 0) is 9.30 Å². The Hall–Kier alpha value is -1.67. The Bertz CT molecular complexity index is 729. The number of aliphatic hydroxyl groups is 1. The van der Waals surface area contributed by atoms with Gasteiger partial charge in [0.25, 0.3) is 5.56 Å². The van der Waals surface area contributed by atoms with Gasteiger partial charge in [0, 0.05) is 11.8 Å². The molecule has 2 unspecified atom stereocenters. The summed E-state index contributed by atoms with van der Waals surface area (Å²) in [6.07, 6.45) is 1.59. The maximum atomic E-state index is 11.8. The van der Waals surface area contributed by atoms with Gasteiger partial charge >= 0.3 is 13.3 Å². The van der Waals surface area contributed by atoms with Crippen LogP contribution < -0.4 is 11.2 Å². The van der Waals surface area contributed by atoms with Crippen LogP contribution in [0.15, 0.2) is 27.4 Å². The average molecular weight is 318 g/mol. The number of H-pyrrole nitrogens is 1. The summed E-state index contributed by atoms with van der Waals surface area (Å²) in [5, 5.41) is 9.33. The molecular weight excluding hydrogens is 303 g/mol. The third-order valence-electron chi connectivity index (χ3n) is 3.21. The van der Waals surface area contributed by atoms with Gasteiger partial charge in [-0.25, -0.2) is 4.79 Å². The Kier molecular flexibility index (Phi) is 4.20. The summed E-state index contributed by atoms with van der Waals surface area (Å²) in [5.74, 6) is 0. The van der Waals surface area contributed by atoms with Crippen LogP contribution in [0.3, 0.4) is 0 Å². The number of hydrogen-bond acceptors (Lipinski definition) is 5. The molecule has 0 aromatic carbocycles. The average Bonchev–Trinajstić information content (AvgIpc) is 2.41. The number of nitrogens with one attached hydrogen (secondary N) is 1. The zero-order chi connectivity index (χ0) is 15.8. The van der Waals surface area contributed by atoms with Gasteiger partial charge in [-0.15, -0.1) is 0 Å². The zero-order valence-electron chi connectivity index (χ0n) is 11.1. The quantitative estimate of drug-likeness (QED) is 0.534. The minimum Gasteiger partial charge on any atom is -0.478 e. The molecule has 0 saturated heterocycles. The number of hydrogen-bond donors (Lipinski definition) is 4. The van der Waals surface area contributed by atoms with Crippen LogP contribution in [-0.4, -0.2) is 37.2 Å². The van der Waals surface area contributed by atoms with Crippen LogP contribution in [0, 0.1) is 6.92 Å². The predicted molar refractivity (Wildman–Crippen MR) is 71.8 cm³/mol. The highest BCUT2D eigenvalue weighted by molar-refractivity contribution is 7.56. The highest BCUT2D eigenvalue weighted by Gasteiger charge is 2.35. The van der Waals surface area contributed by atoms with Crippen molar-refractivity contribution in [2.45, 2.75) is 25.5 Å². The molecule has 0 amide bonds. The second kappa shape index (κ2) is 5.61. The van der Waals surface area contributed by atoms with E-state index in [1.165, 1.54) is 23.8 Å². The van der Waals surface area contributed by atoms with Gasteiger partial charge in [-0.1, -0.05) is 0 Å². The first kappa shape index (κ1) is 15.7. The fourth-order valence-corrected chi connectivity index (χ4v) is 2.74. The third kappa shape index (κ3) is 3.16. The van der Waals surface area contributed by atoms with Crippen molar-refractivity contribution in [2.24, 2.45) is 0 Å². The van der Waals surface area contributed by atoms with Crippen molar-refractivity contribution >= 4 is 7.60 Å². The lowest BCUT2D eigenvalue weighted by Crippen LogP contribution is -2.40. The summed E-state index contributed by atoms with van der Waals surface area (Å²) in [6, 6.07) is -0.673. The number of ether oxygens (including phenoxy) is 1. The highest BCUT2D eigenvalue weighted by Crippen LogP contribution is 2.49. The first-order chi connectivity index (χ1) is 9.74. The SMILES string of the molecule is Cc1cn(C2CC=C(P(=O)(O)O)OC2CO)c(=O)[nH]c1=O. The smallest absolute Gasteiger partial charge is 0.390 e. The second-order valence-electron chi connectivity index (χ2n) is 4.71. The largest absolute Gasteiger partial charge is 0.478 e. The van der Waals surface area contributed by atoms with E-state index in [1.807, 2.05) is 0 Å². The summed E-state index contributed by atoms with van der Waals surface area (Å²) in [7, 11) is -4.56. The molecule has 1 aliphatic heterocycles. The molecule has 2 atom stereocenters. The van der Waals surface area contributed by atoms with Gasteiger partial charge in [-0.05, 0) is 19.4 Å². The van der Waals surface area contributed by atoms with E-state index in [2.05, 4.69) is 4.98 Å². The van der Waals surface area contributed by atoms with Crippen molar-refractivity contribution in [2.75, 3.05) is 6.61 Å². The van der Waals surface area contributed by atoms with Crippen LogP contribution in [0.2, 0.25) is 0 Å². The summed E-state index contributed by atoms with van der Waals surface area (Å²) in [6.45, 7) is 0.982. The lowest BCUT2D eigenvalue weighted by atomic mass is 10.1.